The van der Waals surface area contributed by atoms with Crippen LogP contribution in [-0.4, -0.2) is 56.3 Å². The largest absolute Gasteiger partial charge is 0.482 e. The fourth-order valence-electron chi connectivity index (χ4n) is 4.71. The van der Waals surface area contributed by atoms with Crippen molar-refractivity contribution in [1.82, 2.24) is 25.2 Å². The fourth-order valence-corrected chi connectivity index (χ4v) is 5.39. The van der Waals surface area contributed by atoms with E-state index < -0.39 is 35.3 Å². The second-order valence-electron chi connectivity index (χ2n) is 12.8. The van der Waals surface area contributed by atoms with Crippen molar-refractivity contribution in [2.45, 2.75) is 84.7 Å². The van der Waals surface area contributed by atoms with Gasteiger partial charge in [0.15, 0.2) is 11.6 Å². The molecule has 1 aliphatic rings. The van der Waals surface area contributed by atoms with Gasteiger partial charge in [-0.15, -0.1) is 0 Å². The predicted octanol–water partition coefficient (Wildman–Crippen LogP) is 7.95. The van der Waals surface area contributed by atoms with Crippen LogP contribution in [0.25, 0.3) is 11.1 Å². The van der Waals surface area contributed by atoms with E-state index in [1.165, 1.54) is 12.1 Å². The molecule has 45 heavy (non-hydrogen) atoms. The third-order valence-electron chi connectivity index (χ3n) is 6.68. The van der Waals surface area contributed by atoms with E-state index in [9.17, 15) is 14.0 Å². The molecule has 14 heteroatoms. The van der Waals surface area contributed by atoms with Gasteiger partial charge >= 0.3 is 12.2 Å². The van der Waals surface area contributed by atoms with E-state index in [2.05, 4.69) is 20.8 Å². The number of rotatable bonds is 7. The minimum Gasteiger partial charge on any atom is -0.482 e. The number of carbonyl (C=O) groups is 2. The molecule has 0 spiro atoms. The molecule has 2 N–H and O–H groups in total. The van der Waals surface area contributed by atoms with Gasteiger partial charge in [-0.05, 0) is 79.5 Å². The number of nitrogens with zero attached hydrogens (tertiary/aromatic N) is 4. The van der Waals surface area contributed by atoms with Gasteiger partial charge in [-0.3, -0.25) is 15.4 Å². The molecule has 0 radical (unpaired) electrons. The van der Waals surface area contributed by atoms with Crippen molar-refractivity contribution >= 4 is 41.2 Å². The topological polar surface area (TPSA) is 120 Å². The van der Waals surface area contributed by atoms with Crippen LogP contribution in [0, 0.1) is 5.82 Å². The molecule has 0 aliphatic carbocycles. The Bertz CT molecular complexity index is 1530. The van der Waals surface area contributed by atoms with Crippen LogP contribution >= 0.6 is 23.2 Å². The molecule has 2 aromatic heterocycles. The first kappa shape index (κ1) is 34.3. The van der Waals surface area contributed by atoms with E-state index >= 15 is 0 Å². The molecule has 1 atom stereocenters. The van der Waals surface area contributed by atoms with Crippen LogP contribution in [0.5, 0.6) is 5.75 Å². The number of benzene rings is 1. The monoisotopic (exact) mass is 664 g/mol. The normalized spacial score (nSPS) is 15.3. The first-order valence-electron chi connectivity index (χ1n) is 14.6. The Hall–Kier alpha value is -3.61. The zero-order chi connectivity index (χ0) is 33.1. The number of carbonyl (C=O) groups excluding carboxylic acids is 2. The number of anilines is 1. The molecule has 0 unspecified atom stereocenters. The molecule has 0 saturated carbocycles. The molecular weight excluding hydrogens is 626 g/mol. The molecule has 0 bridgehead atoms. The van der Waals surface area contributed by atoms with Crippen LogP contribution in [0.15, 0.2) is 36.8 Å². The van der Waals surface area contributed by atoms with Gasteiger partial charge in [0, 0.05) is 47.2 Å². The van der Waals surface area contributed by atoms with E-state index in [0.717, 1.165) is 18.4 Å². The molecule has 3 aromatic rings. The van der Waals surface area contributed by atoms with Crippen molar-refractivity contribution in [3.63, 3.8) is 0 Å². The summed E-state index contributed by atoms with van der Waals surface area (Å²) in [6.07, 6.45) is 4.73. The van der Waals surface area contributed by atoms with Crippen LogP contribution < -0.4 is 15.5 Å². The highest BCUT2D eigenvalue weighted by atomic mass is 35.5. The standard InChI is InChI=1S/C31H39Cl2FN6O5/c1-18(25-22(32)8-9-23(34)26(25)33)43-24-14-19(15-35-27(24)37-28(41)44-30(2,3)4)20-16-36-40(17-20)21-10-12-39(13-11-21)38-29(42)45-31(5,6)7/h8-9,14-18,21H,10-13H2,1-7H3,(H,38,42)(H,35,37,41)/t18-/m1/s1. The van der Waals surface area contributed by atoms with Gasteiger partial charge in [-0.25, -0.2) is 24.0 Å². The fraction of sp³-hybridized carbons (Fsp3) is 0.484. The second kappa shape index (κ2) is 13.8. The van der Waals surface area contributed by atoms with Gasteiger partial charge in [0.2, 0.25) is 0 Å². The number of amides is 2. The minimum atomic E-state index is -0.806. The van der Waals surface area contributed by atoms with Crippen molar-refractivity contribution in [3.8, 4) is 16.9 Å². The van der Waals surface area contributed by atoms with Crippen LogP contribution in [0.3, 0.4) is 0 Å². The number of pyridine rings is 1. The number of ether oxygens (including phenoxy) is 3. The summed E-state index contributed by atoms with van der Waals surface area (Å²) < 4.78 is 33.1. The summed E-state index contributed by atoms with van der Waals surface area (Å²) in [4.78, 5) is 29.2. The maximum absolute atomic E-state index is 14.3. The number of piperidine rings is 1. The SMILES string of the molecule is C[C@@H](Oc1cc(-c2cnn(C3CCN(NC(=O)OC(C)(C)C)CC3)c2)cnc1NC(=O)OC(C)(C)C)c1c(Cl)ccc(F)c1Cl. The molecule has 244 valence electrons. The Morgan fingerprint density at radius 2 is 1.64 bits per heavy atom. The van der Waals surface area contributed by atoms with Gasteiger partial charge in [0.25, 0.3) is 0 Å². The number of hydrazine groups is 1. The lowest BCUT2D eigenvalue weighted by molar-refractivity contribution is 0.0265. The minimum absolute atomic E-state index is 0.0979. The van der Waals surface area contributed by atoms with Crippen molar-refractivity contribution in [3.05, 3.63) is 58.2 Å². The highest BCUT2D eigenvalue weighted by Crippen LogP contribution is 2.38. The molecule has 4 rings (SSSR count). The average Bonchev–Trinajstić information content (AvgIpc) is 3.41. The Kier molecular flexibility index (Phi) is 10.5. The molecular formula is C31H39Cl2FN6O5. The molecule has 1 fully saturated rings. The Labute approximate surface area is 272 Å². The van der Waals surface area contributed by atoms with Crippen LogP contribution in [0.4, 0.5) is 19.8 Å². The van der Waals surface area contributed by atoms with Crippen LogP contribution in [0.1, 0.15) is 79.0 Å². The highest BCUT2D eigenvalue weighted by Gasteiger charge is 2.26. The third kappa shape index (κ3) is 9.44. The molecule has 1 aromatic carbocycles. The van der Waals surface area contributed by atoms with Crippen molar-refractivity contribution in [2.75, 3.05) is 18.4 Å². The number of hydrogen-bond acceptors (Lipinski definition) is 8. The summed E-state index contributed by atoms with van der Waals surface area (Å²) in [5.74, 6) is -0.346. The lowest BCUT2D eigenvalue weighted by atomic mass is 10.1. The zero-order valence-electron chi connectivity index (χ0n) is 26.4. The van der Waals surface area contributed by atoms with Gasteiger partial charge < -0.3 is 14.2 Å². The van der Waals surface area contributed by atoms with E-state index in [0.29, 0.717) is 18.7 Å². The van der Waals surface area contributed by atoms with Crippen LogP contribution in [-0.2, 0) is 9.47 Å². The molecule has 1 saturated heterocycles. The lowest BCUT2D eigenvalue weighted by Gasteiger charge is -2.32. The number of aromatic nitrogens is 3. The number of nitrogens with one attached hydrogen (secondary N) is 2. The first-order valence-corrected chi connectivity index (χ1v) is 15.3. The van der Waals surface area contributed by atoms with Crippen molar-refractivity contribution in [1.29, 1.82) is 0 Å². The average molecular weight is 666 g/mol. The summed E-state index contributed by atoms with van der Waals surface area (Å²) in [5.41, 5.74) is 3.17. The lowest BCUT2D eigenvalue weighted by Crippen LogP contribution is -2.48. The van der Waals surface area contributed by atoms with E-state index in [4.69, 9.17) is 37.4 Å². The Morgan fingerprint density at radius 3 is 2.29 bits per heavy atom. The van der Waals surface area contributed by atoms with Gasteiger partial charge in [0.05, 0.1) is 17.3 Å². The summed E-state index contributed by atoms with van der Waals surface area (Å²) in [5, 5.41) is 9.13. The zero-order valence-corrected chi connectivity index (χ0v) is 27.9. The van der Waals surface area contributed by atoms with E-state index in [-0.39, 0.29) is 33.2 Å². The molecule has 11 nitrogen and oxygen atoms in total. The summed E-state index contributed by atoms with van der Waals surface area (Å²) in [7, 11) is 0. The third-order valence-corrected chi connectivity index (χ3v) is 7.40. The number of halogens is 3. The maximum Gasteiger partial charge on any atom is 0.422 e. The van der Waals surface area contributed by atoms with Gasteiger partial charge in [-0.1, -0.05) is 23.2 Å². The Morgan fingerprint density at radius 1 is 1.00 bits per heavy atom. The summed E-state index contributed by atoms with van der Waals surface area (Å²) in [6, 6.07) is 4.40. The van der Waals surface area contributed by atoms with E-state index in [1.807, 2.05) is 36.7 Å². The molecule has 1 aliphatic heterocycles. The van der Waals surface area contributed by atoms with Gasteiger partial charge in [-0.2, -0.15) is 5.10 Å². The van der Waals surface area contributed by atoms with Crippen molar-refractivity contribution in [2.24, 2.45) is 0 Å². The second-order valence-corrected chi connectivity index (χ2v) is 13.5. The predicted molar refractivity (Wildman–Crippen MR) is 170 cm³/mol. The highest BCUT2D eigenvalue weighted by molar-refractivity contribution is 6.36. The van der Waals surface area contributed by atoms with Crippen molar-refractivity contribution < 1.29 is 28.2 Å². The van der Waals surface area contributed by atoms with E-state index in [1.54, 1.807) is 46.2 Å². The first-order chi connectivity index (χ1) is 21.0. The van der Waals surface area contributed by atoms with Gasteiger partial charge in [0.1, 0.15) is 23.1 Å². The molecule has 3 heterocycles. The smallest absolute Gasteiger partial charge is 0.422 e. The molecule has 2 amide bonds. The quantitative estimate of drug-likeness (QED) is 0.244. The van der Waals surface area contributed by atoms with Crippen LogP contribution in [0.2, 0.25) is 10.0 Å². The summed E-state index contributed by atoms with van der Waals surface area (Å²) >= 11 is 12.6. The summed E-state index contributed by atoms with van der Waals surface area (Å²) in [6.45, 7) is 13.6. The number of hydrogen-bond donors (Lipinski definition) is 2. The maximum atomic E-state index is 14.3. The Balaban J connectivity index is 1.53.